The number of aromatic nitrogens is 3. The molecule has 3 aromatic rings. The van der Waals surface area contributed by atoms with Crippen LogP contribution in [0, 0.1) is 4.77 Å². The van der Waals surface area contributed by atoms with Gasteiger partial charge < -0.3 is 15.8 Å². The summed E-state index contributed by atoms with van der Waals surface area (Å²) in [6, 6.07) is 10.2. The molecule has 4 N–H and O–H groups in total. The number of nitrogens with zero attached hydrogens (tertiary/aromatic N) is 2. The molecule has 0 aliphatic rings. The number of amides is 2. The number of rotatable bonds is 8. The predicted molar refractivity (Wildman–Crippen MR) is 110 cm³/mol. The number of para-hydroxylation sites is 2. The molecule has 2 heterocycles. The molecule has 8 nitrogen and oxygen atoms in total. The largest absolute Gasteiger partial charge is 0.491 e. The van der Waals surface area contributed by atoms with Crippen LogP contribution in [0.15, 0.2) is 41.8 Å². The maximum Gasteiger partial charge on any atom is 0.247 e. The molecule has 1 aromatic carbocycles. The van der Waals surface area contributed by atoms with E-state index in [1.807, 2.05) is 17.5 Å². The molecule has 3 rings (SSSR count). The molecule has 0 fully saturated rings. The standard InChI is InChI=1S/C18H19N5O3S2/c1-11(23-16(21-22-18(23)27)14-7-4-10-28-14)17(25)20-12-5-2-3-6-13(12)26-9-8-15(19)24/h2-7,10-11H,8-9H2,1H3,(H2,19,24)(H,20,25)(H,22,27). The molecule has 0 saturated heterocycles. The Morgan fingerprint density at radius 3 is 2.86 bits per heavy atom. The third kappa shape index (κ3) is 4.46. The first kappa shape index (κ1) is 19.8. The van der Waals surface area contributed by atoms with Crippen molar-refractivity contribution in [3.63, 3.8) is 0 Å². The van der Waals surface area contributed by atoms with Crippen molar-refractivity contribution in [1.82, 2.24) is 14.8 Å². The molecule has 0 aliphatic carbocycles. The number of hydrogen-bond acceptors (Lipinski definition) is 6. The highest BCUT2D eigenvalue weighted by Crippen LogP contribution is 2.28. The van der Waals surface area contributed by atoms with Crippen molar-refractivity contribution in [2.75, 3.05) is 11.9 Å². The fourth-order valence-electron chi connectivity index (χ4n) is 2.56. The molecule has 0 radical (unpaired) electrons. The lowest BCUT2D eigenvalue weighted by atomic mass is 10.2. The average Bonchev–Trinajstić information content (AvgIpc) is 3.31. The number of benzene rings is 1. The number of primary amides is 1. The zero-order valence-electron chi connectivity index (χ0n) is 15.0. The third-order valence-electron chi connectivity index (χ3n) is 3.96. The fourth-order valence-corrected chi connectivity index (χ4v) is 3.56. The second-order valence-corrected chi connectivity index (χ2v) is 7.26. The molecule has 1 unspecified atom stereocenters. The zero-order valence-corrected chi connectivity index (χ0v) is 16.7. The Balaban J connectivity index is 1.79. The number of thiophene rings is 1. The highest BCUT2D eigenvalue weighted by molar-refractivity contribution is 7.71. The van der Waals surface area contributed by atoms with Crippen molar-refractivity contribution in [2.45, 2.75) is 19.4 Å². The monoisotopic (exact) mass is 417 g/mol. The molecule has 2 amide bonds. The minimum absolute atomic E-state index is 0.0903. The summed E-state index contributed by atoms with van der Waals surface area (Å²) in [5.41, 5.74) is 5.63. The van der Waals surface area contributed by atoms with Gasteiger partial charge in [-0.2, -0.15) is 5.10 Å². The van der Waals surface area contributed by atoms with Crippen LogP contribution >= 0.6 is 23.6 Å². The second kappa shape index (κ2) is 8.81. The van der Waals surface area contributed by atoms with Crippen LogP contribution in [0.5, 0.6) is 5.75 Å². The van der Waals surface area contributed by atoms with Gasteiger partial charge in [0.05, 0.1) is 23.6 Å². The van der Waals surface area contributed by atoms with Crippen molar-refractivity contribution < 1.29 is 14.3 Å². The van der Waals surface area contributed by atoms with Crippen LogP contribution in [-0.2, 0) is 9.59 Å². The SMILES string of the molecule is CC(C(=O)Nc1ccccc1OCCC(N)=O)n1c(-c2cccs2)n[nH]c1=S. The third-order valence-corrected chi connectivity index (χ3v) is 5.12. The maximum atomic E-state index is 12.9. The van der Waals surface area contributed by atoms with Crippen LogP contribution in [0.1, 0.15) is 19.4 Å². The summed E-state index contributed by atoms with van der Waals surface area (Å²) < 4.78 is 7.60. The number of carbonyl (C=O) groups excluding carboxylic acids is 2. The van der Waals surface area contributed by atoms with E-state index < -0.39 is 11.9 Å². The fraction of sp³-hybridized carbons (Fsp3) is 0.222. The number of nitrogens with two attached hydrogens (primary N) is 1. The molecular weight excluding hydrogens is 398 g/mol. The number of H-pyrrole nitrogens is 1. The molecule has 0 bridgehead atoms. The van der Waals surface area contributed by atoms with E-state index >= 15 is 0 Å². The number of anilines is 1. The van der Waals surface area contributed by atoms with E-state index in [9.17, 15) is 9.59 Å². The summed E-state index contributed by atoms with van der Waals surface area (Å²) in [6.07, 6.45) is 0.0903. The van der Waals surface area contributed by atoms with Crippen molar-refractivity contribution in [1.29, 1.82) is 0 Å². The highest BCUT2D eigenvalue weighted by Gasteiger charge is 2.22. The maximum absolute atomic E-state index is 12.9. The Kier molecular flexibility index (Phi) is 6.22. The molecule has 2 aromatic heterocycles. The van der Waals surface area contributed by atoms with Crippen LogP contribution < -0.4 is 15.8 Å². The van der Waals surface area contributed by atoms with Crippen molar-refractivity contribution >= 4 is 41.1 Å². The average molecular weight is 418 g/mol. The van der Waals surface area contributed by atoms with Gasteiger partial charge in [0.2, 0.25) is 11.8 Å². The van der Waals surface area contributed by atoms with Gasteiger partial charge in [0, 0.05) is 0 Å². The molecular formula is C18H19N5O3S2. The molecule has 0 saturated carbocycles. The first-order chi connectivity index (χ1) is 13.5. The van der Waals surface area contributed by atoms with Gasteiger partial charge in [-0.25, -0.2) is 0 Å². The summed E-state index contributed by atoms with van der Waals surface area (Å²) in [7, 11) is 0. The smallest absolute Gasteiger partial charge is 0.247 e. The summed E-state index contributed by atoms with van der Waals surface area (Å²) >= 11 is 6.83. The van der Waals surface area contributed by atoms with E-state index in [4.69, 9.17) is 22.7 Å². The van der Waals surface area contributed by atoms with Crippen molar-refractivity contribution in [3.05, 3.63) is 46.5 Å². The zero-order chi connectivity index (χ0) is 20.1. The van der Waals surface area contributed by atoms with Gasteiger partial charge >= 0.3 is 0 Å². The van der Waals surface area contributed by atoms with Gasteiger partial charge in [0.15, 0.2) is 10.6 Å². The summed E-state index contributed by atoms with van der Waals surface area (Å²) in [4.78, 5) is 24.7. The van der Waals surface area contributed by atoms with Crippen molar-refractivity contribution in [2.24, 2.45) is 5.73 Å². The summed E-state index contributed by atoms with van der Waals surface area (Å²) in [6.45, 7) is 1.88. The lowest BCUT2D eigenvalue weighted by Crippen LogP contribution is -2.24. The molecule has 146 valence electrons. The number of ether oxygens (including phenoxy) is 1. The van der Waals surface area contributed by atoms with Crippen LogP contribution in [0.25, 0.3) is 10.7 Å². The predicted octanol–water partition coefficient (Wildman–Crippen LogP) is 3.12. The Hall–Kier alpha value is -2.98. The first-order valence-corrected chi connectivity index (χ1v) is 9.78. The minimum Gasteiger partial charge on any atom is -0.491 e. The molecule has 10 heteroatoms. The quantitative estimate of drug-likeness (QED) is 0.487. The van der Waals surface area contributed by atoms with Gasteiger partial charge in [-0.15, -0.1) is 11.3 Å². The lowest BCUT2D eigenvalue weighted by molar-refractivity contribution is -0.119. The number of aromatic amines is 1. The first-order valence-electron chi connectivity index (χ1n) is 8.49. The second-order valence-electron chi connectivity index (χ2n) is 5.93. The van der Waals surface area contributed by atoms with E-state index in [1.54, 1.807) is 35.8 Å². The van der Waals surface area contributed by atoms with E-state index in [0.717, 1.165) is 4.88 Å². The van der Waals surface area contributed by atoms with E-state index in [2.05, 4.69) is 15.5 Å². The molecule has 0 aliphatic heterocycles. The number of nitrogens with one attached hydrogen (secondary N) is 2. The van der Waals surface area contributed by atoms with Gasteiger partial charge in [0.25, 0.3) is 0 Å². The molecule has 0 spiro atoms. The van der Waals surface area contributed by atoms with E-state index in [1.165, 1.54) is 11.3 Å². The highest BCUT2D eigenvalue weighted by atomic mass is 32.1. The summed E-state index contributed by atoms with van der Waals surface area (Å²) in [5, 5.41) is 11.8. The van der Waals surface area contributed by atoms with Crippen LogP contribution in [0.4, 0.5) is 5.69 Å². The lowest BCUT2D eigenvalue weighted by Gasteiger charge is -2.17. The van der Waals surface area contributed by atoms with Crippen LogP contribution in [-0.4, -0.2) is 33.2 Å². The summed E-state index contributed by atoms with van der Waals surface area (Å²) in [5.74, 6) is 0.332. The van der Waals surface area contributed by atoms with Crippen LogP contribution in [0.2, 0.25) is 0 Å². The van der Waals surface area contributed by atoms with Gasteiger partial charge in [-0.1, -0.05) is 18.2 Å². The molecule has 1 atom stereocenters. The van der Waals surface area contributed by atoms with E-state index in [0.29, 0.717) is 22.0 Å². The van der Waals surface area contributed by atoms with Gasteiger partial charge in [-0.05, 0) is 42.7 Å². The normalized spacial score (nSPS) is 11.8. The van der Waals surface area contributed by atoms with E-state index in [-0.39, 0.29) is 18.9 Å². The Bertz CT molecular complexity index is 1030. The molecule has 28 heavy (non-hydrogen) atoms. The van der Waals surface area contributed by atoms with Gasteiger partial charge in [-0.3, -0.25) is 19.3 Å². The van der Waals surface area contributed by atoms with Crippen LogP contribution in [0.3, 0.4) is 0 Å². The Morgan fingerprint density at radius 1 is 1.36 bits per heavy atom. The van der Waals surface area contributed by atoms with Gasteiger partial charge in [0.1, 0.15) is 11.8 Å². The van der Waals surface area contributed by atoms with Crippen molar-refractivity contribution in [3.8, 4) is 16.5 Å². The Labute approximate surface area is 170 Å². The number of carbonyl (C=O) groups is 2. The minimum atomic E-state index is -0.609. The number of hydrogen-bond donors (Lipinski definition) is 3. The topological polar surface area (TPSA) is 115 Å². The Morgan fingerprint density at radius 2 is 2.14 bits per heavy atom.